The lowest BCUT2D eigenvalue weighted by Crippen LogP contribution is -2.41. The van der Waals surface area contributed by atoms with Gasteiger partial charge in [-0.25, -0.2) is 18.2 Å². The summed E-state index contributed by atoms with van der Waals surface area (Å²) in [5.41, 5.74) is 5.05. The third-order valence-corrected chi connectivity index (χ3v) is 5.13. The first-order chi connectivity index (χ1) is 14.3. The number of nitrogens with zero attached hydrogens (tertiary/aromatic N) is 3. The van der Waals surface area contributed by atoms with E-state index in [9.17, 15) is 18.0 Å². The van der Waals surface area contributed by atoms with Gasteiger partial charge in [0.15, 0.2) is 11.5 Å². The largest absolute Gasteiger partial charge is 0.369 e. The number of halogens is 3. The van der Waals surface area contributed by atoms with E-state index >= 15 is 0 Å². The quantitative estimate of drug-likeness (QED) is 0.710. The predicted molar refractivity (Wildman–Crippen MR) is 106 cm³/mol. The average molecular weight is 410 g/mol. The van der Waals surface area contributed by atoms with Crippen LogP contribution in [-0.2, 0) is 10.3 Å². The molecule has 0 bridgehead atoms. The van der Waals surface area contributed by atoms with Crippen LogP contribution in [0.3, 0.4) is 0 Å². The molecule has 5 nitrogen and oxygen atoms in total. The Kier molecular flexibility index (Phi) is 4.77. The van der Waals surface area contributed by atoms with Gasteiger partial charge in [0, 0.05) is 18.8 Å². The standard InChI is InChI=1S/C22H17F3N4O/c1-29-20(30)22(28-21(29)26,15-9-10-27-18(12-15)19(24)25)14-7-8-17(23)16(11-14)13-5-3-2-4-6-13/h2-12,19H,1H3,(H2,26,28). The number of aromatic nitrogens is 1. The average Bonchev–Trinajstić information content (AvgIpc) is 2.99. The van der Waals surface area contributed by atoms with Gasteiger partial charge >= 0.3 is 0 Å². The highest BCUT2D eigenvalue weighted by molar-refractivity contribution is 6.09. The summed E-state index contributed by atoms with van der Waals surface area (Å²) < 4.78 is 41.2. The molecule has 1 aliphatic rings. The van der Waals surface area contributed by atoms with Gasteiger partial charge in [0.25, 0.3) is 12.3 Å². The molecular weight excluding hydrogens is 393 g/mol. The molecule has 4 rings (SSSR count). The van der Waals surface area contributed by atoms with Crippen LogP contribution in [-0.4, -0.2) is 28.8 Å². The van der Waals surface area contributed by atoms with Gasteiger partial charge in [-0.1, -0.05) is 36.4 Å². The summed E-state index contributed by atoms with van der Waals surface area (Å²) >= 11 is 0. The minimum atomic E-state index is -2.83. The molecule has 152 valence electrons. The zero-order valence-electron chi connectivity index (χ0n) is 15.9. The van der Waals surface area contributed by atoms with Gasteiger partial charge in [-0.15, -0.1) is 0 Å². The van der Waals surface area contributed by atoms with Crippen molar-refractivity contribution in [2.45, 2.75) is 12.0 Å². The fraction of sp³-hybridized carbons (Fsp3) is 0.136. The van der Waals surface area contributed by atoms with E-state index in [4.69, 9.17) is 5.73 Å². The smallest absolute Gasteiger partial charge is 0.280 e. The van der Waals surface area contributed by atoms with E-state index in [-0.39, 0.29) is 17.1 Å². The summed E-state index contributed by atoms with van der Waals surface area (Å²) in [4.78, 5) is 22.5. The van der Waals surface area contributed by atoms with Gasteiger partial charge < -0.3 is 5.73 Å². The van der Waals surface area contributed by atoms with Crippen molar-refractivity contribution in [3.63, 3.8) is 0 Å². The van der Waals surface area contributed by atoms with E-state index in [1.54, 1.807) is 30.3 Å². The number of hydrogen-bond donors (Lipinski definition) is 1. The van der Waals surface area contributed by atoms with Crippen LogP contribution in [0, 0.1) is 5.82 Å². The van der Waals surface area contributed by atoms with Crippen molar-refractivity contribution in [1.82, 2.24) is 9.88 Å². The maximum absolute atomic E-state index is 14.6. The van der Waals surface area contributed by atoms with Crippen molar-refractivity contribution in [2.75, 3.05) is 7.05 Å². The van der Waals surface area contributed by atoms with E-state index in [0.717, 1.165) is 11.0 Å². The maximum Gasteiger partial charge on any atom is 0.280 e. The van der Waals surface area contributed by atoms with E-state index in [1.807, 2.05) is 0 Å². The fourth-order valence-corrected chi connectivity index (χ4v) is 3.57. The fourth-order valence-electron chi connectivity index (χ4n) is 3.57. The Morgan fingerprint density at radius 1 is 1.03 bits per heavy atom. The second-order valence-corrected chi connectivity index (χ2v) is 6.88. The molecule has 1 atom stereocenters. The van der Waals surface area contributed by atoms with Crippen LogP contribution in [0.2, 0.25) is 0 Å². The Balaban J connectivity index is 1.98. The number of amides is 1. The number of pyridine rings is 1. The molecule has 8 heteroatoms. The Labute approximate surface area is 170 Å². The number of likely N-dealkylation sites (N-methyl/N-ethyl adjacent to an activating group) is 1. The zero-order valence-corrected chi connectivity index (χ0v) is 15.9. The van der Waals surface area contributed by atoms with Crippen molar-refractivity contribution >= 4 is 11.9 Å². The topological polar surface area (TPSA) is 71.6 Å². The molecule has 3 aromatic rings. The third-order valence-electron chi connectivity index (χ3n) is 5.13. The van der Waals surface area contributed by atoms with Crippen LogP contribution in [0.4, 0.5) is 13.2 Å². The van der Waals surface area contributed by atoms with Crippen LogP contribution < -0.4 is 5.73 Å². The lowest BCUT2D eigenvalue weighted by Gasteiger charge is -2.27. The molecule has 1 aromatic heterocycles. The number of carbonyl (C=O) groups excluding carboxylic acids is 1. The van der Waals surface area contributed by atoms with Crippen LogP contribution in [0.5, 0.6) is 0 Å². The monoisotopic (exact) mass is 410 g/mol. The predicted octanol–water partition coefficient (Wildman–Crippen LogP) is 3.86. The third kappa shape index (κ3) is 3.01. The number of rotatable bonds is 4. The summed E-state index contributed by atoms with van der Waals surface area (Å²) in [6.07, 6.45) is -1.64. The van der Waals surface area contributed by atoms with E-state index < -0.39 is 29.4 Å². The number of aliphatic imine (C=N–C) groups is 1. The van der Waals surface area contributed by atoms with Crippen molar-refractivity contribution in [1.29, 1.82) is 0 Å². The minimum Gasteiger partial charge on any atom is -0.369 e. The molecule has 0 aliphatic carbocycles. The molecule has 1 unspecified atom stereocenters. The van der Waals surface area contributed by atoms with Crippen LogP contribution >= 0.6 is 0 Å². The summed E-state index contributed by atoms with van der Waals surface area (Å²) in [7, 11) is 1.44. The van der Waals surface area contributed by atoms with Gasteiger partial charge in [-0.2, -0.15) is 0 Å². The van der Waals surface area contributed by atoms with E-state index in [0.29, 0.717) is 11.1 Å². The maximum atomic E-state index is 14.6. The number of carbonyl (C=O) groups is 1. The summed E-state index contributed by atoms with van der Waals surface area (Å²) in [6, 6.07) is 15.5. The number of guanidine groups is 1. The molecule has 1 aliphatic heterocycles. The second-order valence-electron chi connectivity index (χ2n) is 6.88. The molecule has 2 heterocycles. The van der Waals surface area contributed by atoms with Crippen LogP contribution in [0.25, 0.3) is 11.1 Å². The van der Waals surface area contributed by atoms with E-state index in [2.05, 4.69) is 9.98 Å². The Morgan fingerprint density at radius 2 is 1.73 bits per heavy atom. The first kappa shape index (κ1) is 19.6. The second kappa shape index (κ2) is 7.29. The molecule has 0 fully saturated rings. The number of nitrogens with two attached hydrogens (primary N) is 1. The highest BCUT2D eigenvalue weighted by atomic mass is 19.3. The molecule has 0 radical (unpaired) electrons. The molecule has 30 heavy (non-hydrogen) atoms. The van der Waals surface area contributed by atoms with Crippen molar-refractivity contribution in [3.05, 3.63) is 89.5 Å². The SMILES string of the molecule is CN1C(=O)C(c2ccnc(C(F)F)c2)(c2ccc(F)c(-c3ccccc3)c2)N=C1N. The molecule has 0 saturated heterocycles. The van der Waals surface area contributed by atoms with E-state index in [1.165, 1.54) is 37.5 Å². The highest BCUT2D eigenvalue weighted by Crippen LogP contribution is 2.41. The van der Waals surface area contributed by atoms with Crippen molar-refractivity contribution < 1.29 is 18.0 Å². The zero-order chi connectivity index (χ0) is 21.5. The van der Waals surface area contributed by atoms with Gasteiger partial charge in [-0.3, -0.25) is 14.7 Å². The van der Waals surface area contributed by atoms with Crippen LogP contribution in [0.15, 0.2) is 71.9 Å². The number of benzene rings is 2. The molecule has 0 spiro atoms. The molecule has 2 aromatic carbocycles. The molecule has 1 amide bonds. The first-order valence-corrected chi connectivity index (χ1v) is 9.08. The van der Waals surface area contributed by atoms with Crippen LogP contribution in [0.1, 0.15) is 23.2 Å². The lowest BCUT2D eigenvalue weighted by molar-refractivity contribution is -0.129. The molecule has 2 N–H and O–H groups in total. The Morgan fingerprint density at radius 3 is 2.37 bits per heavy atom. The van der Waals surface area contributed by atoms with Gasteiger partial charge in [-0.05, 0) is 41.0 Å². The number of alkyl halides is 2. The van der Waals surface area contributed by atoms with Gasteiger partial charge in [0.2, 0.25) is 0 Å². The Hall–Kier alpha value is -3.68. The summed E-state index contributed by atoms with van der Waals surface area (Å²) in [5.74, 6) is -1.09. The minimum absolute atomic E-state index is 0.0685. The van der Waals surface area contributed by atoms with Crippen molar-refractivity contribution in [3.8, 4) is 11.1 Å². The Bertz CT molecular complexity index is 1150. The summed E-state index contributed by atoms with van der Waals surface area (Å²) in [5, 5.41) is 0. The van der Waals surface area contributed by atoms with Crippen molar-refractivity contribution in [2.24, 2.45) is 10.7 Å². The highest BCUT2D eigenvalue weighted by Gasteiger charge is 2.50. The molecular formula is C22H17F3N4O. The normalized spacial score (nSPS) is 18.8. The first-order valence-electron chi connectivity index (χ1n) is 9.08. The molecule has 0 saturated carbocycles. The van der Waals surface area contributed by atoms with Gasteiger partial charge in [0.05, 0.1) is 0 Å². The van der Waals surface area contributed by atoms with Gasteiger partial charge in [0.1, 0.15) is 11.5 Å². The number of hydrogen-bond acceptors (Lipinski definition) is 4. The lowest BCUT2D eigenvalue weighted by atomic mass is 9.81. The summed E-state index contributed by atoms with van der Waals surface area (Å²) in [6.45, 7) is 0.